The zero-order valence-electron chi connectivity index (χ0n) is 17.9. The molecule has 2 aromatic rings. The number of fused-ring (bicyclic) bond motifs is 1. The lowest BCUT2D eigenvalue weighted by atomic mass is 9.96. The van der Waals surface area contributed by atoms with Gasteiger partial charge in [0.15, 0.2) is 28.8 Å². The van der Waals surface area contributed by atoms with E-state index in [9.17, 15) is 4.79 Å². The van der Waals surface area contributed by atoms with Crippen LogP contribution < -0.4 is 28.4 Å². The Balaban J connectivity index is 2.02. The third kappa shape index (κ3) is 4.01. The summed E-state index contributed by atoms with van der Waals surface area (Å²) in [4.78, 5) is 13.3. The van der Waals surface area contributed by atoms with Gasteiger partial charge in [-0.3, -0.25) is 4.79 Å². The van der Waals surface area contributed by atoms with Crippen molar-refractivity contribution in [1.29, 1.82) is 0 Å². The van der Waals surface area contributed by atoms with E-state index in [2.05, 4.69) is 0 Å². The molecule has 0 atom stereocenters. The average Bonchev–Trinajstić information content (AvgIpc) is 2.78. The summed E-state index contributed by atoms with van der Waals surface area (Å²) in [5.74, 6) is 2.53. The van der Waals surface area contributed by atoms with E-state index in [0.717, 1.165) is 12.0 Å². The number of ether oxygens (including phenoxy) is 6. The minimum absolute atomic E-state index is 0.127. The molecule has 0 saturated carbocycles. The molecule has 0 amide bonds. The molecule has 0 saturated heterocycles. The van der Waals surface area contributed by atoms with Gasteiger partial charge in [0.1, 0.15) is 17.9 Å². The molecule has 1 aliphatic heterocycles. The summed E-state index contributed by atoms with van der Waals surface area (Å²) in [6, 6.07) is 7.15. The van der Waals surface area contributed by atoms with Crippen LogP contribution in [-0.2, 0) is 0 Å². The molecule has 0 aliphatic carbocycles. The average molecular weight is 414 g/mol. The molecule has 2 aromatic carbocycles. The van der Waals surface area contributed by atoms with Crippen LogP contribution in [0.2, 0.25) is 0 Å². The van der Waals surface area contributed by atoms with Gasteiger partial charge in [0, 0.05) is 11.6 Å². The maximum absolute atomic E-state index is 13.3. The fourth-order valence-electron chi connectivity index (χ4n) is 3.26. The Morgan fingerprint density at radius 1 is 0.933 bits per heavy atom. The molecule has 7 heteroatoms. The second-order valence-electron chi connectivity index (χ2n) is 6.56. The van der Waals surface area contributed by atoms with E-state index in [1.54, 1.807) is 19.3 Å². The first-order valence-electron chi connectivity index (χ1n) is 9.59. The maximum atomic E-state index is 13.3. The first-order valence-corrected chi connectivity index (χ1v) is 9.59. The van der Waals surface area contributed by atoms with Crippen molar-refractivity contribution in [3.8, 4) is 34.5 Å². The number of Topliss-reactive ketones (excluding diaryl/α,β-unsaturated/α-hetero) is 1. The number of hydrogen-bond acceptors (Lipinski definition) is 7. The predicted octanol–water partition coefficient (Wildman–Crippen LogP) is 4.17. The van der Waals surface area contributed by atoms with Gasteiger partial charge < -0.3 is 28.4 Å². The van der Waals surface area contributed by atoms with E-state index in [0.29, 0.717) is 46.5 Å². The minimum Gasteiger partial charge on any atom is -0.493 e. The SMILES string of the molecule is CCCOc1cc(C=C2COc3cc(OC)c(OC)c(OC)c3C2=O)ccc1OC. The van der Waals surface area contributed by atoms with Crippen LogP contribution in [-0.4, -0.2) is 47.4 Å². The number of methoxy groups -OCH3 is 4. The molecule has 160 valence electrons. The van der Waals surface area contributed by atoms with Crippen molar-refractivity contribution >= 4 is 11.9 Å². The van der Waals surface area contributed by atoms with Crippen LogP contribution in [0.25, 0.3) is 6.08 Å². The Hall–Kier alpha value is -3.35. The van der Waals surface area contributed by atoms with E-state index < -0.39 is 0 Å². The molecule has 0 N–H and O–H groups in total. The topological polar surface area (TPSA) is 72.5 Å². The molecule has 0 radical (unpaired) electrons. The van der Waals surface area contributed by atoms with Crippen molar-refractivity contribution in [2.24, 2.45) is 0 Å². The van der Waals surface area contributed by atoms with Gasteiger partial charge in [-0.2, -0.15) is 0 Å². The van der Waals surface area contributed by atoms with Crippen LogP contribution in [0.4, 0.5) is 0 Å². The number of ketones is 1. The Morgan fingerprint density at radius 2 is 1.67 bits per heavy atom. The van der Waals surface area contributed by atoms with Crippen LogP contribution in [0.5, 0.6) is 34.5 Å². The highest BCUT2D eigenvalue weighted by molar-refractivity contribution is 6.16. The summed E-state index contributed by atoms with van der Waals surface area (Å²) in [7, 11) is 6.08. The summed E-state index contributed by atoms with van der Waals surface area (Å²) in [5.41, 5.74) is 1.60. The van der Waals surface area contributed by atoms with Gasteiger partial charge in [0.25, 0.3) is 0 Å². The quantitative estimate of drug-likeness (QED) is 0.600. The second-order valence-corrected chi connectivity index (χ2v) is 6.56. The van der Waals surface area contributed by atoms with Gasteiger partial charge in [-0.25, -0.2) is 0 Å². The number of carbonyl (C=O) groups is 1. The van der Waals surface area contributed by atoms with Gasteiger partial charge >= 0.3 is 0 Å². The maximum Gasteiger partial charge on any atom is 0.204 e. The van der Waals surface area contributed by atoms with Gasteiger partial charge in [0.05, 0.1) is 35.0 Å². The Morgan fingerprint density at radius 3 is 2.30 bits per heavy atom. The van der Waals surface area contributed by atoms with Gasteiger partial charge in [-0.15, -0.1) is 0 Å². The molecule has 1 heterocycles. The Labute approximate surface area is 176 Å². The summed E-state index contributed by atoms with van der Waals surface area (Å²) in [6.07, 6.45) is 2.66. The lowest BCUT2D eigenvalue weighted by Gasteiger charge is -2.23. The number of benzene rings is 2. The predicted molar refractivity (Wildman–Crippen MR) is 113 cm³/mol. The van der Waals surface area contributed by atoms with Gasteiger partial charge in [-0.1, -0.05) is 13.0 Å². The molecule has 0 spiro atoms. The summed E-state index contributed by atoms with van der Waals surface area (Å²) < 4.78 is 33.2. The molecule has 0 aromatic heterocycles. The summed E-state index contributed by atoms with van der Waals surface area (Å²) in [5, 5.41) is 0. The van der Waals surface area contributed by atoms with E-state index in [4.69, 9.17) is 28.4 Å². The molecule has 3 rings (SSSR count). The molecule has 0 unspecified atom stereocenters. The molecule has 0 bridgehead atoms. The summed E-state index contributed by atoms with van der Waals surface area (Å²) >= 11 is 0. The molecule has 0 fully saturated rings. The van der Waals surface area contributed by atoms with Crippen molar-refractivity contribution < 1.29 is 33.2 Å². The molecular formula is C23H26O7. The fraction of sp³-hybridized carbons (Fsp3) is 0.348. The molecule has 30 heavy (non-hydrogen) atoms. The minimum atomic E-state index is -0.194. The van der Waals surface area contributed by atoms with Crippen molar-refractivity contribution in [3.05, 3.63) is 41.0 Å². The number of rotatable bonds is 8. The zero-order valence-corrected chi connectivity index (χ0v) is 17.9. The van der Waals surface area contributed by atoms with Crippen LogP contribution in [0, 0.1) is 0 Å². The van der Waals surface area contributed by atoms with Crippen molar-refractivity contribution in [2.45, 2.75) is 13.3 Å². The highest BCUT2D eigenvalue weighted by Gasteiger charge is 2.32. The second kappa shape index (κ2) is 9.43. The van der Waals surface area contributed by atoms with Crippen LogP contribution >= 0.6 is 0 Å². The van der Waals surface area contributed by atoms with E-state index in [1.807, 2.05) is 25.1 Å². The van der Waals surface area contributed by atoms with Crippen LogP contribution in [0.3, 0.4) is 0 Å². The lowest BCUT2D eigenvalue weighted by molar-refractivity contribution is 0.0996. The number of carbonyl (C=O) groups excluding carboxylic acids is 1. The van der Waals surface area contributed by atoms with Gasteiger partial charge in [0.2, 0.25) is 5.75 Å². The molecule has 7 nitrogen and oxygen atoms in total. The van der Waals surface area contributed by atoms with E-state index in [1.165, 1.54) is 21.3 Å². The molecular weight excluding hydrogens is 388 g/mol. The van der Waals surface area contributed by atoms with E-state index in [-0.39, 0.29) is 18.1 Å². The largest absolute Gasteiger partial charge is 0.493 e. The zero-order chi connectivity index (χ0) is 21.7. The normalized spacial score (nSPS) is 14.0. The third-order valence-electron chi connectivity index (χ3n) is 4.69. The van der Waals surface area contributed by atoms with Crippen LogP contribution in [0.15, 0.2) is 29.8 Å². The van der Waals surface area contributed by atoms with E-state index >= 15 is 0 Å². The smallest absolute Gasteiger partial charge is 0.204 e. The lowest BCUT2D eigenvalue weighted by Crippen LogP contribution is -2.20. The summed E-state index contributed by atoms with van der Waals surface area (Å²) in [6.45, 7) is 2.73. The van der Waals surface area contributed by atoms with Crippen molar-refractivity contribution in [1.82, 2.24) is 0 Å². The fourth-order valence-corrected chi connectivity index (χ4v) is 3.26. The Kier molecular flexibility index (Phi) is 6.72. The Bertz CT molecular complexity index is 963. The highest BCUT2D eigenvalue weighted by Crippen LogP contribution is 2.47. The number of hydrogen-bond donors (Lipinski definition) is 0. The van der Waals surface area contributed by atoms with Crippen molar-refractivity contribution in [3.63, 3.8) is 0 Å². The molecule has 1 aliphatic rings. The van der Waals surface area contributed by atoms with Crippen molar-refractivity contribution in [2.75, 3.05) is 41.7 Å². The van der Waals surface area contributed by atoms with Crippen LogP contribution in [0.1, 0.15) is 29.3 Å². The standard InChI is InChI=1S/C23H26O7/c1-6-9-29-17-11-14(7-8-16(17)25-2)10-15-13-30-18-12-19(26-3)22(27-4)23(28-5)20(18)21(15)24/h7-8,10-12H,6,9,13H2,1-5H3. The third-order valence-corrected chi connectivity index (χ3v) is 4.69. The first-order chi connectivity index (χ1) is 14.6. The highest BCUT2D eigenvalue weighted by atomic mass is 16.5. The van der Waals surface area contributed by atoms with Gasteiger partial charge in [-0.05, 0) is 30.2 Å². The first kappa shape index (κ1) is 21.4. The monoisotopic (exact) mass is 414 g/mol.